The van der Waals surface area contributed by atoms with Gasteiger partial charge in [0.2, 0.25) is 11.7 Å². The third-order valence-corrected chi connectivity index (χ3v) is 5.60. The highest BCUT2D eigenvalue weighted by Crippen LogP contribution is 2.30. The van der Waals surface area contributed by atoms with Crippen LogP contribution in [0.25, 0.3) is 22.4 Å². The number of carbonyl (C=O) groups excluding carboxylic acids is 1. The number of amides is 1. The van der Waals surface area contributed by atoms with Gasteiger partial charge < -0.3 is 18.6 Å². The summed E-state index contributed by atoms with van der Waals surface area (Å²) in [4.78, 5) is 31.1. The third-order valence-electron chi connectivity index (χ3n) is 4.91. The Bertz CT molecular complexity index is 1250. The average molecular weight is 409 g/mol. The van der Waals surface area contributed by atoms with Crippen LogP contribution in [0, 0.1) is 0 Å². The Labute approximate surface area is 168 Å². The van der Waals surface area contributed by atoms with Crippen molar-refractivity contribution in [3.05, 3.63) is 63.0 Å². The molecule has 5 rings (SSSR count). The normalized spacial score (nSPS) is 14.2. The van der Waals surface area contributed by atoms with E-state index in [-0.39, 0.29) is 17.4 Å². The molecule has 9 heteroatoms. The number of hydrogen-bond donors (Lipinski definition) is 0. The maximum atomic E-state index is 12.8. The molecule has 0 bridgehead atoms. The summed E-state index contributed by atoms with van der Waals surface area (Å²) in [5.41, 5.74) is 0.535. The van der Waals surface area contributed by atoms with Crippen LogP contribution in [-0.2, 0) is 0 Å². The van der Waals surface area contributed by atoms with E-state index in [2.05, 4.69) is 10.1 Å². The highest BCUT2D eigenvalue weighted by molar-refractivity contribution is 7.08. The Hall–Kier alpha value is -3.46. The summed E-state index contributed by atoms with van der Waals surface area (Å²) in [6.45, 7) is 0.805. The van der Waals surface area contributed by atoms with Gasteiger partial charge >= 0.3 is 5.63 Å². The molecule has 4 aromatic rings. The van der Waals surface area contributed by atoms with Gasteiger partial charge in [-0.15, -0.1) is 0 Å². The maximum absolute atomic E-state index is 12.8. The van der Waals surface area contributed by atoms with Gasteiger partial charge in [0.05, 0.1) is 13.0 Å². The number of benzene rings is 1. The first kappa shape index (κ1) is 17.6. The number of para-hydroxylation sites is 1. The molecule has 0 radical (unpaired) electrons. The van der Waals surface area contributed by atoms with E-state index in [1.807, 2.05) is 16.8 Å². The van der Waals surface area contributed by atoms with E-state index in [0.29, 0.717) is 41.5 Å². The smallest absolute Gasteiger partial charge is 0.349 e. The van der Waals surface area contributed by atoms with Crippen molar-refractivity contribution in [1.29, 1.82) is 0 Å². The molecule has 0 N–H and O–H groups in total. The lowest BCUT2D eigenvalue weighted by molar-refractivity contribution is 0.0565. The third kappa shape index (κ3) is 2.99. The lowest BCUT2D eigenvalue weighted by Gasteiger charge is -2.36. The second kappa shape index (κ2) is 6.85. The highest BCUT2D eigenvalue weighted by Gasteiger charge is 2.37. The van der Waals surface area contributed by atoms with E-state index in [0.717, 1.165) is 5.56 Å². The Balaban J connectivity index is 1.34. The minimum absolute atomic E-state index is 0.00584. The molecule has 1 aliphatic rings. The van der Waals surface area contributed by atoms with Crippen molar-refractivity contribution < 1.29 is 18.5 Å². The summed E-state index contributed by atoms with van der Waals surface area (Å²) in [5, 5.41) is 8.51. The molecule has 29 heavy (non-hydrogen) atoms. The molecule has 0 unspecified atom stereocenters. The summed E-state index contributed by atoms with van der Waals surface area (Å²) in [5.74, 6) is 1.05. The van der Waals surface area contributed by atoms with Gasteiger partial charge in [0.1, 0.15) is 5.56 Å². The number of hydrogen-bond acceptors (Lipinski definition) is 8. The minimum Gasteiger partial charge on any atom is -0.493 e. The number of likely N-dealkylation sites (tertiary alicyclic amines) is 1. The van der Waals surface area contributed by atoms with Gasteiger partial charge in [-0.25, -0.2) is 4.79 Å². The van der Waals surface area contributed by atoms with Crippen molar-refractivity contribution >= 4 is 28.2 Å². The molecule has 1 saturated heterocycles. The van der Waals surface area contributed by atoms with E-state index in [4.69, 9.17) is 13.7 Å². The van der Waals surface area contributed by atoms with E-state index in [9.17, 15) is 9.59 Å². The Morgan fingerprint density at radius 1 is 1.31 bits per heavy atom. The quantitative estimate of drug-likeness (QED) is 0.478. The SMILES string of the molecule is COc1cccc2cc(C(=O)N3CC(c4nc(-c5ccsc5)no4)C3)c(=O)oc12. The molecule has 0 atom stereocenters. The summed E-state index contributed by atoms with van der Waals surface area (Å²) in [6.07, 6.45) is 0. The number of methoxy groups -OCH3 is 1. The molecule has 146 valence electrons. The average Bonchev–Trinajstić information content (AvgIpc) is 3.37. The molecule has 0 spiro atoms. The lowest BCUT2D eigenvalue weighted by Crippen LogP contribution is -2.49. The maximum Gasteiger partial charge on any atom is 0.349 e. The molecule has 4 heterocycles. The number of carbonyl (C=O) groups is 1. The molecule has 1 amide bonds. The fourth-order valence-electron chi connectivity index (χ4n) is 3.31. The number of rotatable bonds is 4. The first-order valence-electron chi connectivity index (χ1n) is 8.90. The van der Waals surface area contributed by atoms with E-state index in [1.54, 1.807) is 40.5 Å². The molecule has 8 nitrogen and oxygen atoms in total. The molecule has 3 aromatic heterocycles. The van der Waals surface area contributed by atoms with Crippen LogP contribution in [0.5, 0.6) is 5.75 Å². The van der Waals surface area contributed by atoms with Crippen LogP contribution in [0.1, 0.15) is 22.2 Å². The first-order chi connectivity index (χ1) is 14.1. The van der Waals surface area contributed by atoms with Crippen LogP contribution >= 0.6 is 11.3 Å². The Morgan fingerprint density at radius 3 is 2.93 bits per heavy atom. The van der Waals surface area contributed by atoms with Gasteiger partial charge in [-0.1, -0.05) is 17.3 Å². The van der Waals surface area contributed by atoms with Crippen LogP contribution < -0.4 is 10.4 Å². The van der Waals surface area contributed by atoms with Crippen molar-refractivity contribution in [2.24, 2.45) is 0 Å². The van der Waals surface area contributed by atoms with Crippen molar-refractivity contribution in [1.82, 2.24) is 15.0 Å². The van der Waals surface area contributed by atoms with Gasteiger partial charge in [0.15, 0.2) is 11.3 Å². The largest absolute Gasteiger partial charge is 0.493 e. The van der Waals surface area contributed by atoms with Gasteiger partial charge in [0, 0.05) is 29.4 Å². The van der Waals surface area contributed by atoms with Gasteiger partial charge in [-0.05, 0) is 23.6 Å². The summed E-state index contributed by atoms with van der Waals surface area (Å²) >= 11 is 1.56. The first-order valence-corrected chi connectivity index (χ1v) is 9.84. The van der Waals surface area contributed by atoms with Gasteiger partial charge in [-0.3, -0.25) is 4.79 Å². The summed E-state index contributed by atoms with van der Waals surface area (Å²) < 4.78 is 15.9. The second-order valence-corrected chi connectivity index (χ2v) is 7.48. The van der Waals surface area contributed by atoms with Crippen molar-refractivity contribution in [2.45, 2.75) is 5.92 Å². The molecule has 1 aliphatic heterocycles. The van der Waals surface area contributed by atoms with Crippen molar-refractivity contribution in [2.75, 3.05) is 20.2 Å². The predicted octanol–water partition coefficient (Wildman–Crippen LogP) is 3.15. The zero-order valence-electron chi connectivity index (χ0n) is 15.3. The van der Waals surface area contributed by atoms with Crippen LogP contribution in [0.4, 0.5) is 0 Å². The zero-order chi connectivity index (χ0) is 20.0. The molecule has 1 aromatic carbocycles. The number of thiophene rings is 1. The van der Waals surface area contributed by atoms with Crippen LogP contribution in [-0.4, -0.2) is 41.1 Å². The Morgan fingerprint density at radius 2 is 2.17 bits per heavy atom. The Kier molecular flexibility index (Phi) is 4.17. The predicted molar refractivity (Wildman–Crippen MR) is 105 cm³/mol. The lowest BCUT2D eigenvalue weighted by atomic mass is 9.99. The zero-order valence-corrected chi connectivity index (χ0v) is 16.1. The van der Waals surface area contributed by atoms with Crippen LogP contribution in [0.2, 0.25) is 0 Å². The fraction of sp³-hybridized carbons (Fsp3) is 0.200. The molecule has 0 aliphatic carbocycles. The molecular formula is C20H15N3O5S. The van der Waals surface area contributed by atoms with Crippen molar-refractivity contribution in [3.8, 4) is 17.1 Å². The topological polar surface area (TPSA) is 98.7 Å². The van der Waals surface area contributed by atoms with Crippen LogP contribution in [0.15, 0.2) is 54.8 Å². The molecule has 0 saturated carbocycles. The number of ether oxygens (including phenoxy) is 1. The summed E-state index contributed by atoms with van der Waals surface area (Å²) in [6, 6.07) is 8.70. The monoisotopic (exact) mass is 409 g/mol. The number of nitrogens with zero attached hydrogens (tertiary/aromatic N) is 3. The van der Waals surface area contributed by atoms with Gasteiger partial charge in [-0.2, -0.15) is 16.3 Å². The van der Waals surface area contributed by atoms with E-state index < -0.39 is 5.63 Å². The molecule has 1 fully saturated rings. The standard InChI is InChI=1S/C20H15N3O5S/c1-26-15-4-2-3-11-7-14(20(25)27-16(11)15)19(24)23-8-13(9-23)18-21-17(22-28-18)12-5-6-29-10-12/h2-7,10,13H,8-9H2,1H3. The molecular weight excluding hydrogens is 394 g/mol. The van der Waals surface area contributed by atoms with Crippen molar-refractivity contribution in [3.63, 3.8) is 0 Å². The summed E-state index contributed by atoms with van der Waals surface area (Å²) in [7, 11) is 1.50. The minimum atomic E-state index is -0.687. The number of aromatic nitrogens is 2. The van der Waals surface area contributed by atoms with Gasteiger partial charge in [0.25, 0.3) is 5.91 Å². The van der Waals surface area contributed by atoms with Crippen LogP contribution in [0.3, 0.4) is 0 Å². The fourth-order valence-corrected chi connectivity index (χ4v) is 3.94. The van der Waals surface area contributed by atoms with E-state index in [1.165, 1.54) is 7.11 Å². The van der Waals surface area contributed by atoms with E-state index >= 15 is 0 Å². The second-order valence-electron chi connectivity index (χ2n) is 6.70. The highest BCUT2D eigenvalue weighted by atomic mass is 32.1. The number of fused-ring (bicyclic) bond motifs is 1.